The van der Waals surface area contributed by atoms with E-state index in [9.17, 15) is 19.7 Å². The quantitative estimate of drug-likeness (QED) is 0.401. The third-order valence-electron chi connectivity index (χ3n) is 2.78. The molecule has 2 rings (SSSR count). The molecule has 0 amide bonds. The number of carbonyl (C=O) groups excluding carboxylic acids is 1. The second kappa shape index (κ2) is 6.00. The van der Waals surface area contributed by atoms with Gasteiger partial charge in [0.2, 0.25) is 0 Å². The number of esters is 1. The maximum absolute atomic E-state index is 12.0. The topological polar surface area (TPSA) is 102 Å². The van der Waals surface area contributed by atoms with Crippen molar-refractivity contribution in [3.8, 4) is 0 Å². The Labute approximate surface area is 119 Å². The molecule has 0 atom stereocenters. The number of nitrogens with zero attached hydrogens (tertiary/aromatic N) is 1. The average Bonchev–Trinajstić information content (AvgIpc) is 2.45. The molecular formula is C14H12N2O5. The van der Waals surface area contributed by atoms with Gasteiger partial charge in [-0.2, -0.15) is 0 Å². The number of fused-ring (bicyclic) bond motifs is 1. The lowest BCUT2D eigenvalue weighted by atomic mass is 10.1. The zero-order valence-electron chi connectivity index (χ0n) is 11.2. The number of hydrogen-bond acceptors (Lipinski definition) is 5. The Morgan fingerprint density at radius 2 is 2.24 bits per heavy atom. The highest BCUT2D eigenvalue weighted by molar-refractivity contribution is 5.89. The largest absolute Gasteiger partial charge is 0.463 e. The van der Waals surface area contributed by atoms with Crippen LogP contribution < -0.4 is 5.43 Å². The lowest BCUT2D eigenvalue weighted by Gasteiger charge is -2.00. The lowest BCUT2D eigenvalue weighted by Crippen LogP contribution is -2.09. The molecule has 1 heterocycles. The smallest absolute Gasteiger partial charge is 0.332 e. The van der Waals surface area contributed by atoms with Gasteiger partial charge in [0.25, 0.3) is 5.43 Å². The molecule has 0 aliphatic carbocycles. The van der Waals surface area contributed by atoms with E-state index in [1.54, 1.807) is 19.1 Å². The number of aromatic amines is 1. The van der Waals surface area contributed by atoms with Crippen LogP contribution in [0.15, 0.2) is 35.3 Å². The van der Waals surface area contributed by atoms with Crippen molar-refractivity contribution in [2.75, 3.05) is 6.61 Å². The summed E-state index contributed by atoms with van der Waals surface area (Å²) >= 11 is 0. The van der Waals surface area contributed by atoms with Crippen LogP contribution in [0.25, 0.3) is 17.0 Å². The second-order valence-corrected chi connectivity index (χ2v) is 4.15. The molecule has 0 aliphatic heterocycles. The molecule has 0 saturated heterocycles. The predicted molar refractivity (Wildman–Crippen MR) is 76.9 cm³/mol. The van der Waals surface area contributed by atoms with Crippen molar-refractivity contribution >= 4 is 28.6 Å². The third kappa shape index (κ3) is 3.14. The number of benzene rings is 1. The highest BCUT2D eigenvalue weighted by atomic mass is 16.6. The van der Waals surface area contributed by atoms with Gasteiger partial charge in [0.1, 0.15) is 0 Å². The number of rotatable bonds is 4. The van der Waals surface area contributed by atoms with Crippen molar-refractivity contribution in [1.29, 1.82) is 0 Å². The van der Waals surface area contributed by atoms with Gasteiger partial charge in [0.15, 0.2) is 0 Å². The Morgan fingerprint density at radius 3 is 2.90 bits per heavy atom. The van der Waals surface area contributed by atoms with Crippen LogP contribution in [0.4, 0.5) is 5.69 Å². The van der Waals surface area contributed by atoms with E-state index < -0.39 is 22.0 Å². The molecule has 0 bridgehead atoms. The Bertz CT molecular complexity index is 792. The van der Waals surface area contributed by atoms with Crippen LogP contribution in [0.2, 0.25) is 0 Å². The number of pyridine rings is 1. The first-order valence-electron chi connectivity index (χ1n) is 6.17. The monoisotopic (exact) mass is 288 g/mol. The molecule has 7 nitrogen and oxygen atoms in total. The van der Waals surface area contributed by atoms with Crippen LogP contribution in [0.5, 0.6) is 0 Å². The summed E-state index contributed by atoms with van der Waals surface area (Å²) in [5.41, 5.74) is -0.130. The molecule has 0 spiro atoms. The van der Waals surface area contributed by atoms with Crippen molar-refractivity contribution in [2.45, 2.75) is 6.92 Å². The maximum Gasteiger partial charge on any atom is 0.332 e. The fourth-order valence-electron chi connectivity index (χ4n) is 1.82. The SMILES string of the molecule is CCOC(=O)C=Cc1ccc2[nH]cc([N+](=O)[O-])c(=O)c2c1. The van der Waals surface area contributed by atoms with Gasteiger partial charge in [-0.25, -0.2) is 4.79 Å². The van der Waals surface area contributed by atoms with Gasteiger partial charge in [0.05, 0.1) is 23.1 Å². The number of aromatic nitrogens is 1. The molecule has 0 aliphatic rings. The number of carbonyl (C=O) groups is 1. The number of nitro groups is 1. The lowest BCUT2D eigenvalue weighted by molar-refractivity contribution is -0.386. The Balaban J connectivity index is 2.45. The Hall–Kier alpha value is -2.96. The maximum atomic E-state index is 12.0. The number of hydrogen-bond donors (Lipinski definition) is 1. The van der Waals surface area contributed by atoms with Gasteiger partial charge in [-0.3, -0.25) is 14.9 Å². The van der Waals surface area contributed by atoms with Crippen LogP contribution in [0.3, 0.4) is 0 Å². The summed E-state index contributed by atoms with van der Waals surface area (Å²) < 4.78 is 4.74. The summed E-state index contributed by atoms with van der Waals surface area (Å²) in [6, 6.07) is 4.78. The number of ether oxygens (including phenoxy) is 1. The van der Waals surface area contributed by atoms with E-state index >= 15 is 0 Å². The van der Waals surface area contributed by atoms with Crippen LogP contribution in [-0.2, 0) is 9.53 Å². The van der Waals surface area contributed by atoms with Crippen LogP contribution in [0.1, 0.15) is 12.5 Å². The number of nitrogens with one attached hydrogen (secondary N) is 1. The molecule has 2 aromatic rings. The van der Waals surface area contributed by atoms with Gasteiger partial charge in [0, 0.05) is 11.6 Å². The van der Waals surface area contributed by atoms with Crippen molar-refractivity contribution in [2.24, 2.45) is 0 Å². The number of H-pyrrole nitrogens is 1. The van der Waals surface area contributed by atoms with Crippen molar-refractivity contribution in [3.05, 3.63) is 56.4 Å². The molecule has 0 saturated carbocycles. The predicted octanol–water partition coefficient (Wildman–Crippen LogP) is 2.01. The van der Waals surface area contributed by atoms with Crippen LogP contribution >= 0.6 is 0 Å². The van der Waals surface area contributed by atoms with Crippen LogP contribution in [-0.4, -0.2) is 22.5 Å². The van der Waals surface area contributed by atoms with E-state index in [0.29, 0.717) is 11.1 Å². The zero-order chi connectivity index (χ0) is 15.4. The minimum Gasteiger partial charge on any atom is -0.463 e. The van der Waals surface area contributed by atoms with Crippen molar-refractivity contribution < 1.29 is 14.5 Å². The Kier molecular flexibility index (Phi) is 4.13. The summed E-state index contributed by atoms with van der Waals surface area (Å²) in [4.78, 5) is 35.9. The first kappa shape index (κ1) is 14.4. The normalized spacial score (nSPS) is 10.9. The molecule has 1 N–H and O–H groups in total. The third-order valence-corrected chi connectivity index (χ3v) is 2.78. The minimum absolute atomic E-state index is 0.190. The van der Waals surface area contributed by atoms with Crippen molar-refractivity contribution in [3.63, 3.8) is 0 Å². The van der Waals surface area contributed by atoms with Crippen molar-refractivity contribution in [1.82, 2.24) is 4.98 Å². The van der Waals surface area contributed by atoms with Gasteiger partial charge in [-0.1, -0.05) is 6.07 Å². The van der Waals surface area contributed by atoms with E-state index in [-0.39, 0.29) is 12.0 Å². The van der Waals surface area contributed by atoms with Gasteiger partial charge in [-0.15, -0.1) is 0 Å². The summed E-state index contributed by atoms with van der Waals surface area (Å²) in [5.74, 6) is -0.495. The summed E-state index contributed by atoms with van der Waals surface area (Å²) in [6.07, 6.45) is 3.78. The first-order chi connectivity index (χ1) is 10.0. The highest BCUT2D eigenvalue weighted by Crippen LogP contribution is 2.15. The molecule has 0 radical (unpaired) electrons. The molecule has 7 heteroatoms. The molecule has 1 aromatic carbocycles. The molecular weight excluding hydrogens is 276 g/mol. The minimum atomic E-state index is -0.737. The molecule has 21 heavy (non-hydrogen) atoms. The van der Waals surface area contributed by atoms with Gasteiger partial charge >= 0.3 is 11.7 Å². The molecule has 0 unspecified atom stereocenters. The van der Waals surface area contributed by atoms with Crippen LogP contribution in [0, 0.1) is 10.1 Å². The Morgan fingerprint density at radius 1 is 1.48 bits per heavy atom. The molecule has 1 aromatic heterocycles. The van der Waals surface area contributed by atoms with E-state index in [1.807, 2.05) is 0 Å². The fraction of sp³-hybridized carbons (Fsp3) is 0.143. The average molecular weight is 288 g/mol. The van der Waals surface area contributed by atoms with E-state index in [4.69, 9.17) is 4.74 Å². The van der Waals surface area contributed by atoms with Gasteiger partial charge in [-0.05, 0) is 30.7 Å². The highest BCUT2D eigenvalue weighted by Gasteiger charge is 2.14. The summed E-state index contributed by atoms with van der Waals surface area (Å²) in [6.45, 7) is 1.97. The van der Waals surface area contributed by atoms with E-state index in [0.717, 1.165) is 6.20 Å². The first-order valence-corrected chi connectivity index (χ1v) is 6.17. The molecule has 108 valence electrons. The summed E-state index contributed by atoms with van der Waals surface area (Å²) in [7, 11) is 0. The fourth-order valence-corrected chi connectivity index (χ4v) is 1.82. The standard InChI is InChI=1S/C14H12N2O5/c1-2-21-13(17)6-4-9-3-5-11-10(7-9)14(18)12(8-15-11)16(19)20/h3-8H,2H2,1H3,(H,15,18). The summed E-state index contributed by atoms with van der Waals surface area (Å²) in [5, 5.41) is 10.9. The van der Waals surface area contributed by atoms with Gasteiger partial charge < -0.3 is 9.72 Å². The second-order valence-electron chi connectivity index (χ2n) is 4.15. The van der Waals surface area contributed by atoms with E-state index in [1.165, 1.54) is 18.2 Å². The zero-order valence-corrected chi connectivity index (χ0v) is 11.2. The van der Waals surface area contributed by atoms with E-state index in [2.05, 4.69) is 4.98 Å². The molecule has 0 fully saturated rings.